The standard InChI is InChI=1S/C16H29N7O9/c17-7(4-11(26)27)12(28)22-9(5-24)14(30)21-8(2-1-3-20-16(18)19)13(29)23-10(6-25)15(31)32/h7-10,24-25H,1-6,17H2,(H,21,30)(H,22,28)(H,23,29)(H,26,27)(H,31,32)(H4,18,19,20). The molecule has 0 aliphatic heterocycles. The van der Waals surface area contributed by atoms with Crippen molar-refractivity contribution in [2.45, 2.75) is 43.4 Å². The average molecular weight is 463 g/mol. The van der Waals surface area contributed by atoms with Crippen molar-refractivity contribution in [3.05, 3.63) is 0 Å². The van der Waals surface area contributed by atoms with Crippen LogP contribution in [0.3, 0.4) is 0 Å². The summed E-state index contributed by atoms with van der Waals surface area (Å²) in [5.74, 6) is -6.09. The van der Waals surface area contributed by atoms with Crippen molar-refractivity contribution in [1.82, 2.24) is 16.0 Å². The van der Waals surface area contributed by atoms with Crippen LogP contribution in [0.25, 0.3) is 0 Å². The number of carbonyl (C=O) groups excluding carboxylic acids is 3. The van der Waals surface area contributed by atoms with E-state index in [-0.39, 0.29) is 25.3 Å². The van der Waals surface area contributed by atoms with E-state index >= 15 is 0 Å². The Hall–Kier alpha value is -3.50. The molecule has 0 heterocycles. The van der Waals surface area contributed by atoms with E-state index in [1.165, 1.54) is 0 Å². The Morgan fingerprint density at radius 2 is 1.31 bits per heavy atom. The summed E-state index contributed by atoms with van der Waals surface area (Å²) in [5.41, 5.74) is 15.8. The zero-order chi connectivity index (χ0) is 24.8. The highest BCUT2D eigenvalue weighted by molar-refractivity contribution is 5.94. The van der Waals surface area contributed by atoms with Gasteiger partial charge in [0.05, 0.1) is 25.7 Å². The van der Waals surface area contributed by atoms with Gasteiger partial charge < -0.3 is 53.6 Å². The number of carbonyl (C=O) groups is 5. The molecule has 0 aliphatic carbocycles. The van der Waals surface area contributed by atoms with Crippen molar-refractivity contribution in [2.24, 2.45) is 22.2 Å². The maximum absolute atomic E-state index is 12.4. The lowest BCUT2D eigenvalue weighted by Gasteiger charge is -2.24. The predicted molar refractivity (Wildman–Crippen MR) is 108 cm³/mol. The summed E-state index contributed by atoms with van der Waals surface area (Å²) < 4.78 is 0. The van der Waals surface area contributed by atoms with Crippen molar-refractivity contribution in [2.75, 3.05) is 19.8 Å². The fraction of sp³-hybridized carbons (Fsp3) is 0.625. The molecule has 3 amide bonds. The Labute approximate surface area is 182 Å². The molecule has 0 fully saturated rings. The van der Waals surface area contributed by atoms with E-state index in [0.29, 0.717) is 0 Å². The molecule has 0 saturated carbocycles. The van der Waals surface area contributed by atoms with Gasteiger partial charge in [0.25, 0.3) is 0 Å². The van der Waals surface area contributed by atoms with Gasteiger partial charge in [0, 0.05) is 6.54 Å². The van der Waals surface area contributed by atoms with Gasteiger partial charge in [-0.25, -0.2) is 4.79 Å². The summed E-state index contributed by atoms with van der Waals surface area (Å²) in [5, 5.41) is 42.4. The lowest BCUT2D eigenvalue weighted by atomic mass is 10.1. The maximum atomic E-state index is 12.4. The Bertz CT molecular complexity index is 712. The molecule has 4 atom stereocenters. The van der Waals surface area contributed by atoms with Crippen molar-refractivity contribution in [3.8, 4) is 0 Å². The number of amides is 3. The number of nitrogens with one attached hydrogen (secondary N) is 3. The number of nitrogens with two attached hydrogens (primary N) is 3. The fourth-order valence-corrected chi connectivity index (χ4v) is 2.26. The summed E-state index contributed by atoms with van der Waals surface area (Å²) in [4.78, 5) is 62.1. The first kappa shape index (κ1) is 28.5. The summed E-state index contributed by atoms with van der Waals surface area (Å²) in [6.07, 6.45) is -0.622. The van der Waals surface area contributed by atoms with Crippen LogP contribution in [-0.2, 0) is 24.0 Å². The lowest BCUT2D eigenvalue weighted by molar-refractivity contribution is -0.143. The summed E-state index contributed by atoms with van der Waals surface area (Å²) in [7, 11) is 0. The van der Waals surface area contributed by atoms with Crippen LogP contribution in [0.2, 0.25) is 0 Å². The van der Waals surface area contributed by atoms with Crippen LogP contribution in [0.15, 0.2) is 4.99 Å². The zero-order valence-electron chi connectivity index (χ0n) is 17.1. The van der Waals surface area contributed by atoms with Crippen LogP contribution in [0.5, 0.6) is 0 Å². The molecular weight excluding hydrogens is 434 g/mol. The van der Waals surface area contributed by atoms with E-state index in [0.717, 1.165) is 0 Å². The van der Waals surface area contributed by atoms with Crippen LogP contribution in [-0.4, -0.2) is 100.0 Å². The molecule has 0 radical (unpaired) electrons. The van der Waals surface area contributed by atoms with E-state index in [1.807, 2.05) is 5.32 Å². The van der Waals surface area contributed by atoms with E-state index in [4.69, 9.17) is 32.5 Å². The lowest BCUT2D eigenvalue weighted by Crippen LogP contribution is -2.58. The largest absolute Gasteiger partial charge is 0.481 e. The maximum Gasteiger partial charge on any atom is 0.328 e. The second-order valence-electron chi connectivity index (χ2n) is 6.54. The number of aliphatic imine (C=N–C) groups is 1. The minimum absolute atomic E-state index is 0.0727. The van der Waals surface area contributed by atoms with Crippen LogP contribution < -0.4 is 33.2 Å². The molecule has 32 heavy (non-hydrogen) atoms. The molecule has 0 rings (SSSR count). The second-order valence-corrected chi connectivity index (χ2v) is 6.54. The van der Waals surface area contributed by atoms with Crippen LogP contribution in [0.4, 0.5) is 0 Å². The first-order valence-corrected chi connectivity index (χ1v) is 9.31. The van der Waals surface area contributed by atoms with Gasteiger partial charge >= 0.3 is 11.9 Å². The van der Waals surface area contributed by atoms with E-state index < -0.39 is 73.5 Å². The fourth-order valence-electron chi connectivity index (χ4n) is 2.26. The Kier molecular flexibility index (Phi) is 12.9. The third-order valence-corrected chi connectivity index (χ3v) is 3.92. The SMILES string of the molecule is NC(N)=NCCCC(NC(=O)C(CO)NC(=O)C(N)CC(=O)O)C(=O)NC(CO)C(=O)O. The van der Waals surface area contributed by atoms with Gasteiger partial charge in [-0.3, -0.25) is 24.2 Å². The minimum Gasteiger partial charge on any atom is -0.481 e. The normalized spacial score (nSPS) is 14.2. The Balaban J connectivity index is 5.28. The first-order valence-electron chi connectivity index (χ1n) is 9.31. The van der Waals surface area contributed by atoms with Crippen LogP contribution >= 0.6 is 0 Å². The molecule has 13 N–H and O–H groups in total. The van der Waals surface area contributed by atoms with Crippen molar-refractivity contribution >= 4 is 35.6 Å². The van der Waals surface area contributed by atoms with E-state index in [9.17, 15) is 29.1 Å². The number of rotatable bonds is 15. The molecule has 182 valence electrons. The number of nitrogens with zero attached hydrogens (tertiary/aromatic N) is 1. The minimum atomic E-state index is -1.64. The summed E-state index contributed by atoms with van der Waals surface area (Å²) in [6.45, 7) is -1.74. The quantitative estimate of drug-likeness (QED) is 0.0617. The molecule has 0 aromatic heterocycles. The number of aliphatic carboxylic acids is 2. The second kappa shape index (κ2) is 14.5. The third kappa shape index (κ3) is 11.0. The summed E-state index contributed by atoms with van der Waals surface area (Å²) in [6, 6.07) is -6.05. The Morgan fingerprint density at radius 3 is 1.78 bits per heavy atom. The molecule has 0 saturated heterocycles. The molecular formula is C16H29N7O9. The number of guanidine groups is 1. The van der Waals surface area contributed by atoms with Gasteiger partial charge in [-0.2, -0.15) is 0 Å². The number of aliphatic hydroxyl groups excluding tert-OH is 2. The van der Waals surface area contributed by atoms with Crippen LogP contribution in [0.1, 0.15) is 19.3 Å². The van der Waals surface area contributed by atoms with Crippen molar-refractivity contribution < 1.29 is 44.4 Å². The highest BCUT2D eigenvalue weighted by Gasteiger charge is 2.30. The van der Waals surface area contributed by atoms with Gasteiger partial charge in [-0.05, 0) is 12.8 Å². The molecule has 0 spiro atoms. The van der Waals surface area contributed by atoms with Gasteiger partial charge in [0.2, 0.25) is 17.7 Å². The average Bonchev–Trinajstić information content (AvgIpc) is 2.70. The zero-order valence-corrected chi connectivity index (χ0v) is 17.1. The molecule has 0 aromatic rings. The van der Waals surface area contributed by atoms with Gasteiger partial charge in [0.1, 0.15) is 18.1 Å². The van der Waals surface area contributed by atoms with Crippen molar-refractivity contribution in [3.63, 3.8) is 0 Å². The van der Waals surface area contributed by atoms with Gasteiger partial charge in [-0.1, -0.05) is 0 Å². The van der Waals surface area contributed by atoms with Gasteiger partial charge in [0.15, 0.2) is 5.96 Å². The topological polar surface area (TPSA) is 293 Å². The number of hydrogen-bond donors (Lipinski definition) is 10. The molecule has 0 bridgehead atoms. The number of carboxylic acids is 2. The number of carboxylic acid groups (broad SMARTS) is 2. The Morgan fingerprint density at radius 1 is 0.812 bits per heavy atom. The monoisotopic (exact) mass is 463 g/mol. The van der Waals surface area contributed by atoms with E-state index in [2.05, 4.69) is 15.6 Å². The molecule has 0 aromatic carbocycles. The highest BCUT2D eigenvalue weighted by atomic mass is 16.4. The molecule has 16 nitrogen and oxygen atoms in total. The number of aliphatic hydroxyl groups is 2. The van der Waals surface area contributed by atoms with E-state index in [1.54, 1.807) is 0 Å². The molecule has 16 heteroatoms. The smallest absolute Gasteiger partial charge is 0.328 e. The molecule has 4 unspecified atom stereocenters. The van der Waals surface area contributed by atoms with Crippen molar-refractivity contribution in [1.29, 1.82) is 0 Å². The number of hydrogen-bond acceptors (Lipinski definition) is 9. The van der Waals surface area contributed by atoms with Crippen LogP contribution in [0, 0.1) is 0 Å². The summed E-state index contributed by atoms with van der Waals surface area (Å²) >= 11 is 0. The van der Waals surface area contributed by atoms with Gasteiger partial charge in [-0.15, -0.1) is 0 Å². The molecule has 0 aliphatic rings. The first-order chi connectivity index (χ1) is 14.9. The predicted octanol–water partition coefficient (Wildman–Crippen LogP) is -5.63. The highest BCUT2D eigenvalue weighted by Crippen LogP contribution is 2.02. The third-order valence-electron chi connectivity index (χ3n) is 3.92.